The van der Waals surface area contributed by atoms with E-state index in [9.17, 15) is 14.0 Å². The summed E-state index contributed by atoms with van der Waals surface area (Å²) in [5.74, 6) is -0.578. The van der Waals surface area contributed by atoms with Crippen LogP contribution in [0, 0.1) is 5.82 Å². The number of hydrogen-bond acceptors (Lipinski definition) is 4. The van der Waals surface area contributed by atoms with Crippen LogP contribution in [-0.2, 0) is 21.4 Å². The Labute approximate surface area is 203 Å². The second-order valence-electron chi connectivity index (χ2n) is 8.65. The molecular weight excluding hydrogens is 451 g/mol. The van der Waals surface area contributed by atoms with Gasteiger partial charge < -0.3 is 15.4 Å². The first-order valence-corrected chi connectivity index (χ1v) is 12.5. The summed E-state index contributed by atoms with van der Waals surface area (Å²) in [7, 11) is 0. The largest absolute Gasteiger partial charge is 0.381 e. The van der Waals surface area contributed by atoms with Gasteiger partial charge in [0.2, 0.25) is 5.91 Å². The zero-order valence-corrected chi connectivity index (χ0v) is 19.8. The third-order valence-electron chi connectivity index (χ3n) is 6.29. The molecule has 7 heteroatoms. The number of hydrogen-bond donors (Lipinski definition) is 2. The number of rotatable bonds is 9. The van der Waals surface area contributed by atoms with E-state index in [2.05, 4.69) is 16.7 Å². The van der Waals surface area contributed by atoms with Gasteiger partial charge in [-0.05, 0) is 73.0 Å². The third kappa shape index (κ3) is 6.30. The summed E-state index contributed by atoms with van der Waals surface area (Å²) < 4.78 is 19.4. The summed E-state index contributed by atoms with van der Waals surface area (Å²) in [6, 6.07) is 17.6. The van der Waals surface area contributed by atoms with Gasteiger partial charge in [0.15, 0.2) is 0 Å². The molecule has 0 bridgehead atoms. The maximum absolute atomic E-state index is 13.9. The molecule has 2 heterocycles. The number of nitrogens with one attached hydrogen (secondary N) is 2. The van der Waals surface area contributed by atoms with Gasteiger partial charge in [-0.25, -0.2) is 4.39 Å². The van der Waals surface area contributed by atoms with Gasteiger partial charge in [0.25, 0.3) is 5.91 Å². The van der Waals surface area contributed by atoms with Crippen molar-refractivity contribution in [2.75, 3.05) is 25.1 Å². The molecule has 0 spiro atoms. The second-order valence-corrected chi connectivity index (χ2v) is 9.68. The molecule has 0 saturated carbocycles. The number of ether oxygens (including phenoxy) is 1. The summed E-state index contributed by atoms with van der Waals surface area (Å²) in [5.41, 5.74) is 1.57. The van der Waals surface area contributed by atoms with E-state index in [1.54, 1.807) is 47.7 Å². The van der Waals surface area contributed by atoms with Crippen molar-refractivity contribution >= 4 is 28.8 Å². The lowest BCUT2D eigenvalue weighted by atomic mass is 9.74. The molecule has 178 valence electrons. The molecule has 1 saturated heterocycles. The average molecular weight is 481 g/mol. The van der Waals surface area contributed by atoms with Crippen LogP contribution in [0.3, 0.4) is 0 Å². The molecule has 0 atom stereocenters. The second kappa shape index (κ2) is 11.4. The minimum Gasteiger partial charge on any atom is -0.381 e. The molecule has 1 aliphatic rings. The first-order valence-electron chi connectivity index (χ1n) is 11.6. The Morgan fingerprint density at radius 2 is 1.85 bits per heavy atom. The Balaban J connectivity index is 1.35. The molecule has 2 amide bonds. The highest BCUT2D eigenvalue weighted by Crippen LogP contribution is 2.34. The summed E-state index contributed by atoms with van der Waals surface area (Å²) in [6.07, 6.45) is 3.49. The molecule has 34 heavy (non-hydrogen) atoms. The van der Waals surface area contributed by atoms with Crippen LogP contribution in [0.2, 0.25) is 0 Å². The Morgan fingerprint density at radius 1 is 1.03 bits per heavy atom. The highest BCUT2D eigenvalue weighted by Gasteiger charge is 2.35. The molecule has 1 fully saturated rings. The van der Waals surface area contributed by atoms with E-state index in [0.717, 1.165) is 18.4 Å². The monoisotopic (exact) mass is 480 g/mol. The third-order valence-corrected chi connectivity index (χ3v) is 7.23. The van der Waals surface area contributed by atoms with Gasteiger partial charge in [0.05, 0.1) is 0 Å². The topological polar surface area (TPSA) is 67.4 Å². The van der Waals surface area contributed by atoms with E-state index >= 15 is 0 Å². The summed E-state index contributed by atoms with van der Waals surface area (Å²) in [5, 5.41) is 7.95. The number of anilines is 1. The predicted molar refractivity (Wildman–Crippen MR) is 133 cm³/mol. The number of aryl methyl sites for hydroxylation is 1. The molecule has 4 rings (SSSR count). The van der Waals surface area contributed by atoms with E-state index < -0.39 is 0 Å². The fourth-order valence-electron chi connectivity index (χ4n) is 4.34. The predicted octanol–water partition coefficient (Wildman–Crippen LogP) is 5.33. The van der Waals surface area contributed by atoms with E-state index in [-0.39, 0.29) is 23.0 Å². The standard InChI is InChI=1S/C27H29FN2O3S/c28-22-7-2-6-21(18-22)27(12-14-33-15-13-27)19-29-26(32)20-5-1-8-23(17-20)30-25(31)11-3-9-24-10-4-16-34-24/h1-2,4-8,10,16-18H,3,9,11-15,19H2,(H,29,32)(H,30,31). The Hall–Kier alpha value is -3.03. The fourth-order valence-corrected chi connectivity index (χ4v) is 5.09. The van der Waals surface area contributed by atoms with Crippen LogP contribution in [0.15, 0.2) is 66.0 Å². The highest BCUT2D eigenvalue weighted by molar-refractivity contribution is 7.09. The number of carbonyl (C=O) groups excluding carboxylic acids is 2. The molecule has 0 aliphatic carbocycles. The molecule has 0 unspecified atom stereocenters. The van der Waals surface area contributed by atoms with Gasteiger partial charge in [0.1, 0.15) is 5.82 Å². The van der Waals surface area contributed by atoms with Gasteiger partial charge in [-0.3, -0.25) is 9.59 Å². The molecule has 1 aliphatic heterocycles. The van der Waals surface area contributed by atoms with Crippen LogP contribution in [0.5, 0.6) is 0 Å². The lowest BCUT2D eigenvalue weighted by Crippen LogP contribution is -2.44. The Kier molecular flexibility index (Phi) is 8.08. The van der Waals surface area contributed by atoms with Crippen LogP contribution >= 0.6 is 11.3 Å². The van der Waals surface area contributed by atoms with E-state index in [0.29, 0.717) is 50.3 Å². The molecular formula is C27H29FN2O3S. The molecule has 2 aromatic carbocycles. The van der Waals surface area contributed by atoms with Gasteiger partial charge in [-0.15, -0.1) is 11.3 Å². The first-order chi connectivity index (χ1) is 16.5. The zero-order valence-electron chi connectivity index (χ0n) is 19.0. The molecule has 0 radical (unpaired) electrons. The molecule has 1 aromatic heterocycles. The number of halogens is 1. The Morgan fingerprint density at radius 3 is 2.62 bits per heavy atom. The summed E-state index contributed by atoms with van der Waals surface area (Å²) >= 11 is 1.70. The molecule has 5 nitrogen and oxygen atoms in total. The van der Waals surface area contributed by atoms with Crippen LogP contribution in [0.4, 0.5) is 10.1 Å². The van der Waals surface area contributed by atoms with Gasteiger partial charge >= 0.3 is 0 Å². The minimum absolute atomic E-state index is 0.0682. The highest BCUT2D eigenvalue weighted by atomic mass is 32.1. The van der Waals surface area contributed by atoms with Crippen molar-refractivity contribution in [2.24, 2.45) is 0 Å². The summed E-state index contributed by atoms with van der Waals surface area (Å²) in [4.78, 5) is 26.5. The van der Waals surface area contributed by atoms with Crippen molar-refractivity contribution in [2.45, 2.75) is 37.5 Å². The zero-order chi connectivity index (χ0) is 23.8. The number of thiophene rings is 1. The quantitative estimate of drug-likeness (QED) is 0.435. The van der Waals surface area contributed by atoms with Crippen molar-refractivity contribution in [3.63, 3.8) is 0 Å². The number of benzene rings is 2. The van der Waals surface area contributed by atoms with Crippen molar-refractivity contribution in [3.05, 3.63) is 87.9 Å². The van der Waals surface area contributed by atoms with Gasteiger partial charge in [-0.2, -0.15) is 0 Å². The van der Waals surface area contributed by atoms with E-state index in [1.807, 2.05) is 17.5 Å². The average Bonchev–Trinajstić information content (AvgIpc) is 3.37. The fraction of sp³-hybridized carbons (Fsp3) is 0.333. The Bertz CT molecular complexity index is 1110. The number of amides is 2. The van der Waals surface area contributed by atoms with Crippen molar-refractivity contribution in [3.8, 4) is 0 Å². The molecule has 2 N–H and O–H groups in total. The van der Waals surface area contributed by atoms with Crippen LogP contribution < -0.4 is 10.6 Å². The maximum atomic E-state index is 13.9. The minimum atomic E-state index is -0.371. The van der Waals surface area contributed by atoms with Crippen LogP contribution in [0.25, 0.3) is 0 Å². The number of carbonyl (C=O) groups is 2. The maximum Gasteiger partial charge on any atom is 0.251 e. The first kappa shape index (κ1) is 24.1. The van der Waals surface area contributed by atoms with E-state index in [1.165, 1.54) is 10.9 Å². The van der Waals surface area contributed by atoms with E-state index in [4.69, 9.17) is 4.74 Å². The normalized spacial score (nSPS) is 15.0. The van der Waals surface area contributed by atoms with Crippen molar-refractivity contribution in [1.29, 1.82) is 0 Å². The summed E-state index contributed by atoms with van der Waals surface area (Å²) in [6.45, 7) is 1.53. The van der Waals surface area contributed by atoms with Crippen molar-refractivity contribution in [1.82, 2.24) is 5.32 Å². The molecule has 3 aromatic rings. The van der Waals surface area contributed by atoms with Gasteiger partial charge in [0, 0.05) is 47.7 Å². The lowest BCUT2D eigenvalue weighted by Gasteiger charge is -2.38. The van der Waals surface area contributed by atoms with Crippen LogP contribution in [-0.4, -0.2) is 31.6 Å². The smallest absolute Gasteiger partial charge is 0.251 e. The van der Waals surface area contributed by atoms with Crippen molar-refractivity contribution < 1.29 is 18.7 Å². The lowest BCUT2D eigenvalue weighted by molar-refractivity contribution is -0.116. The van der Waals surface area contributed by atoms with Crippen LogP contribution in [0.1, 0.15) is 46.5 Å². The van der Waals surface area contributed by atoms with Gasteiger partial charge in [-0.1, -0.05) is 24.3 Å². The SMILES string of the molecule is O=C(CCCc1cccs1)Nc1cccc(C(=O)NCC2(c3cccc(F)c3)CCOCC2)c1.